The van der Waals surface area contributed by atoms with E-state index in [9.17, 15) is 5.26 Å². The fraction of sp³-hybridized carbons (Fsp3) is 0.353. The summed E-state index contributed by atoms with van der Waals surface area (Å²) in [4.78, 5) is 19.6. The number of nitriles is 1. The van der Waals surface area contributed by atoms with Crippen molar-refractivity contribution in [3.63, 3.8) is 0 Å². The first kappa shape index (κ1) is 16.5. The predicted molar refractivity (Wildman–Crippen MR) is 102 cm³/mol. The molecule has 1 aliphatic heterocycles. The van der Waals surface area contributed by atoms with Gasteiger partial charge in [0, 0.05) is 25.4 Å². The minimum atomic E-state index is 0.0663. The molecule has 4 heterocycles. The fourth-order valence-electron chi connectivity index (χ4n) is 3.06. The maximum Gasteiger partial charge on any atom is 0.186 e. The van der Waals surface area contributed by atoms with Gasteiger partial charge >= 0.3 is 0 Å². The Hall–Kier alpha value is -2.99. The molecule has 26 heavy (non-hydrogen) atoms. The number of fused-ring (bicyclic) bond motifs is 1. The molecule has 8 nitrogen and oxygen atoms in total. The van der Waals surface area contributed by atoms with Gasteiger partial charge in [-0.3, -0.25) is 0 Å². The lowest BCUT2D eigenvalue weighted by Gasteiger charge is -2.28. The minimum Gasteiger partial charge on any atom is -0.384 e. The van der Waals surface area contributed by atoms with E-state index in [1.54, 1.807) is 23.6 Å². The van der Waals surface area contributed by atoms with Crippen LogP contribution < -0.4 is 16.0 Å². The molecule has 0 radical (unpaired) electrons. The Morgan fingerprint density at radius 3 is 3.08 bits per heavy atom. The number of anilines is 4. The number of nitrogen functional groups attached to an aromatic ring is 1. The maximum absolute atomic E-state index is 9.23. The zero-order chi connectivity index (χ0) is 18.1. The van der Waals surface area contributed by atoms with Crippen LogP contribution in [0.1, 0.15) is 18.4 Å². The first-order chi connectivity index (χ1) is 12.6. The molecule has 4 rings (SSSR count). The quantitative estimate of drug-likeness (QED) is 0.727. The second-order valence-electron chi connectivity index (χ2n) is 6.33. The van der Waals surface area contributed by atoms with E-state index in [0.717, 1.165) is 46.8 Å². The van der Waals surface area contributed by atoms with Crippen molar-refractivity contribution < 1.29 is 0 Å². The summed E-state index contributed by atoms with van der Waals surface area (Å²) in [5, 5.41) is 13.4. The van der Waals surface area contributed by atoms with Crippen LogP contribution in [0.15, 0.2) is 18.6 Å². The van der Waals surface area contributed by atoms with Gasteiger partial charge in [-0.05, 0) is 25.3 Å². The van der Waals surface area contributed by atoms with Crippen molar-refractivity contribution in [1.29, 1.82) is 5.26 Å². The number of aromatic nitrogens is 4. The highest BCUT2D eigenvalue weighted by Gasteiger charge is 2.23. The second kappa shape index (κ2) is 6.72. The molecule has 3 N–H and O–H groups in total. The molecule has 0 aromatic carbocycles. The van der Waals surface area contributed by atoms with Crippen LogP contribution in [0.25, 0.3) is 10.2 Å². The molecule has 1 unspecified atom stereocenters. The Bertz CT molecular complexity index is 992. The Morgan fingerprint density at radius 2 is 2.27 bits per heavy atom. The molecule has 0 spiro atoms. The molecule has 1 aliphatic rings. The Morgan fingerprint density at radius 1 is 1.38 bits per heavy atom. The number of aryl methyl sites for hydroxylation is 1. The molecule has 9 heteroatoms. The highest BCUT2D eigenvalue weighted by Crippen LogP contribution is 2.36. The number of hydrogen-bond donors (Lipinski definition) is 2. The summed E-state index contributed by atoms with van der Waals surface area (Å²) in [5.41, 5.74) is 7.66. The summed E-state index contributed by atoms with van der Waals surface area (Å²) >= 11 is 1.59. The van der Waals surface area contributed by atoms with Crippen molar-refractivity contribution in [3.8, 4) is 6.07 Å². The molecule has 0 saturated carbocycles. The van der Waals surface area contributed by atoms with Crippen LogP contribution in [0.2, 0.25) is 0 Å². The molecule has 0 amide bonds. The molecular weight excluding hydrogens is 348 g/mol. The summed E-state index contributed by atoms with van der Waals surface area (Å²) in [6.07, 6.45) is 5.18. The van der Waals surface area contributed by atoms with Crippen LogP contribution in [-0.4, -0.2) is 33.0 Å². The average molecular weight is 366 g/mol. The second-order valence-corrected chi connectivity index (χ2v) is 7.31. The van der Waals surface area contributed by atoms with Crippen molar-refractivity contribution >= 4 is 44.1 Å². The summed E-state index contributed by atoms with van der Waals surface area (Å²) in [7, 11) is 0. The lowest BCUT2D eigenvalue weighted by Crippen LogP contribution is -2.34. The number of hydrogen-bond acceptors (Lipinski definition) is 9. The number of nitrogens with two attached hydrogens (primary N) is 1. The summed E-state index contributed by atoms with van der Waals surface area (Å²) in [5.74, 6) is 1.75. The van der Waals surface area contributed by atoms with Crippen LogP contribution in [0, 0.1) is 24.2 Å². The molecule has 0 aliphatic carbocycles. The van der Waals surface area contributed by atoms with Gasteiger partial charge in [0.2, 0.25) is 0 Å². The molecular formula is C17H18N8S. The third kappa shape index (κ3) is 3.11. The molecule has 1 fully saturated rings. The lowest BCUT2D eigenvalue weighted by molar-refractivity contribution is 0.493. The molecule has 1 atom stereocenters. The SMILES string of the molecule is Cc1cnc(Nc2cc(N)ncn2)c2sc(N3CCCC(C#N)C3)nc12. The van der Waals surface area contributed by atoms with Crippen LogP contribution in [-0.2, 0) is 0 Å². The highest BCUT2D eigenvalue weighted by atomic mass is 32.1. The van der Waals surface area contributed by atoms with Gasteiger partial charge in [0.1, 0.15) is 18.0 Å². The van der Waals surface area contributed by atoms with Crippen LogP contribution in [0.5, 0.6) is 0 Å². The van der Waals surface area contributed by atoms with Crippen LogP contribution in [0.4, 0.5) is 22.6 Å². The normalized spacial score (nSPS) is 17.2. The lowest BCUT2D eigenvalue weighted by atomic mass is 10.0. The van der Waals surface area contributed by atoms with E-state index in [1.165, 1.54) is 6.33 Å². The zero-order valence-corrected chi connectivity index (χ0v) is 15.1. The van der Waals surface area contributed by atoms with Gasteiger partial charge in [-0.15, -0.1) is 0 Å². The van der Waals surface area contributed by atoms with Gasteiger partial charge in [-0.1, -0.05) is 11.3 Å². The van der Waals surface area contributed by atoms with Gasteiger partial charge in [0.15, 0.2) is 10.9 Å². The standard InChI is InChI=1S/C17H18N8S/c1-10-7-20-16(23-13-5-12(19)21-9-22-13)15-14(10)24-17(26-15)25-4-2-3-11(6-18)8-25/h5,7,9,11H,2-4,8H2,1H3,(H3,19,20,21,22,23). The minimum absolute atomic E-state index is 0.0663. The topological polar surface area (TPSA) is 117 Å². The van der Waals surface area contributed by atoms with E-state index < -0.39 is 0 Å². The first-order valence-corrected chi connectivity index (χ1v) is 9.21. The summed E-state index contributed by atoms with van der Waals surface area (Å²) in [6, 6.07) is 4.05. The van der Waals surface area contributed by atoms with E-state index in [4.69, 9.17) is 10.7 Å². The predicted octanol–water partition coefficient (Wildman–Crippen LogP) is 2.86. The summed E-state index contributed by atoms with van der Waals surface area (Å²) in [6.45, 7) is 3.66. The monoisotopic (exact) mass is 366 g/mol. The largest absolute Gasteiger partial charge is 0.384 e. The van der Waals surface area contributed by atoms with Crippen molar-refractivity contribution in [1.82, 2.24) is 19.9 Å². The Balaban J connectivity index is 1.70. The molecule has 3 aromatic heterocycles. The third-order valence-corrected chi connectivity index (χ3v) is 5.52. The van der Waals surface area contributed by atoms with Gasteiger partial charge in [-0.2, -0.15) is 5.26 Å². The third-order valence-electron chi connectivity index (χ3n) is 4.40. The number of pyridine rings is 1. The summed E-state index contributed by atoms with van der Waals surface area (Å²) < 4.78 is 0.969. The number of nitrogens with one attached hydrogen (secondary N) is 1. The van der Waals surface area contributed by atoms with Gasteiger partial charge in [0.05, 0.1) is 22.2 Å². The number of nitrogens with zero attached hydrogens (tertiary/aromatic N) is 6. The smallest absolute Gasteiger partial charge is 0.186 e. The van der Waals surface area contributed by atoms with E-state index in [-0.39, 0.29) is 5.92 Å². The molecule has 132 valence electrons. The van der Waals surface area contributed by atoms with Crippen molar-refractivity contribution in [2.45, 2.75) is 19.8 Å². The Kier molecular flexibility index (Phi) is 4.26. The van der Waals surface area contributed by atoms with E-state index in [1.807, 2.05) is 6.92 Å². The highest BCUT2D eigenvalue weighted by molar-refractivity contribution is 7.22. The van der Waals surface area contributed by atoms with Crippen LogP contribution in [0.3, 0.4) is 0 Å². The molecule has 1 saturated heterocycles. The van der Waals surface area contributed by atoms with Crippen LogP contribution >= 0.6 is 11.3 Å². The number of thiazole rings is 1. The number of piperidine rings is 1. The molecule has 0 bridgehead atoms. The van der Waals surface area contributed by atoms with Gasteiger partial charge in [0.25, 0.3) is 0 Å². The van der Waals surface area contributed by atoms with Crippen molar-refractivity contribution in [2.75, 3.05) is 29.0 Å². The van der Waals surface area contributed by atoms with Gasteiger partial charge in [-0.25, -0.2) is 19.9 Å². The fourth-order valence-corrected chi connectivity index (χ4v) is 4.18. The number of rotatable bonds is 3. The Labute approximate surface area is 154 Å². The average Bonchev–Trinajstić information content (AvgIpc) is 3.11. The van der Waals surface area contributed by atoms with Crippen molar-refractivity contribution in [2.24, 2.45) is 5.92 Å². The molecule has 3 aromatic rings. The first-order valence-electron chi connectivity index (χ1n) is 8.39. The van der Waals surface area contributed by atoms with E-state index in [0.29, 0.717) is 17.5 Å². The maximum atomic E-state index is 9.23. The van der Waals surface area contributed by atoms with E-state index >= 15 is 0 Å². The van der Waals surface area contributed by atoms with Gasteiger partial charge < -0.3 is 16.0 Å². The zero-order valence-electron chi connectivity index (χ0n) is 14.3. The van der Waals surface area contributed by atoms with E-state index in [2.05, 4.69) is 31.2 Å². The van der Waals surface area contributed by atoms with Crippen molar-refractivity contribution in [3.05, 3.63) is 24.2 Å².